The number of ether oxygens (including phenoxy) is 1. The highest BCUT2D eigenvalue weighted by molar-refractivity contribution is 5.46. The molecular formula is C12H14O. The van der Waals surface area contributed by atoms with Crippen LogP contribution in [0.4, 0.5) is 0 Å². The van der Waals surface area contributed by atoms with Gasteiger partial charge >= 0.3 is 0 Å². The quantitative estimate of drug-likeness (QED) is 0.636. The first-order valence-corrected chi connectivity index (χ1v) is 5.13. The van der Waals surface area contributed by atoms with Crippen molar-refractivity contribution in [2.75, 3.05) is 0 Å². The molecule has 0 amide bonds. The molecule has 1 aromatic rings. The van der Waals surface area contributed by atoms with Crippen LogP contribution in [0.1, 0.15) is 36.8 Å². The van der Waals surface area contributed by atoms with E-state index in [1.165, 1.54) is 18.4 Å². The van der Waals surface area contributed by atoms with Crippen molar-refractivity contribution in [2.45, 2.75) is 38.2 Å². The van der Waals surface area contributed by atoms with Gasteiger partial charge in [0, 0.05) is 12.0 Å². The Morgan fingerprint density at radius 3 is 2.92 bits per heavy atom. The van der Waals surface area contributed by atoms with Crippen LogP contribution in [-0.2, 0) is 6.42 Å². The van der Waals surface area contributed by atoms with Crippen LogP contribution in [0.15, 0.2) is 18.2 Å². The lowest BCUT2D eigenvalue weighted by atomic mass is 10.00. The van der Waals surface area contributed by atoms with Crippen molar-refractivity contribution in [1.82, 2.24) is 0 Å². The van der Waals surface area contributed by atoms with Crippen LogP contribution >= 0.6 is 0 Å². The Labute approximate surface area is 78.7 Å². The molecule has 13 heavy (non-hydrogen) atoms. The van der Waals surface area contributed by atoms with Crippen molar-refractivity contribution < 1.29 is 4.74 Å². The van der Waals surface area contributed by atoms with E-state index in [1.807, 2.05) is 0 Å². The minimum Gasteiger partial charge on any atom is -0.490 e. The normalized spacial score (nSPS) is 25.5. The first-order chi connectivity index (χ1) is 6.34. The minimum atomic E-state index is 0.384. The van der Waals surface area contributed by atoms with E-state index >= 15 is 0 Å². The molecule has 1 unspecified atom stereocenters. The predicted molar refractivity (Wildman–Crippen MR) is 52.2 cm³/mol. The van der Waals surface area contributed by atoms with E-state index in [-0.39, 0.29) is 0 Å². The molecule has 2 aliphatic rings. The summed E-state index contributed by atoms with van der Waals surface area (Å²) in [5.41, 5.74) is 3.04. The predicted octanol–water partition coefficient (Wildman–Crippen LogP) is 2.89. The number of fused-ring (bicyclic) bond motifs is 1. The Morgan fingerprint density at radius 2 is 2.15 bits per heavy atom. The summed E-state index contributed by atoms with van der Waals surface area (Å²) in [6, 6.07) is 6.51. The Morgan fingerprint density at radius 1 is 1.31 bits per heavy atom. The average Bonchev–Trinajstić information content (AvgIpc) is 2.86. The van der Waals surface area contributed by atoms with Crippen molar-refractivity contribution >= 4 is 0 Å². The number of benzene rings is 1. The van der Waals surface area contributed by atoms with E-state index < -0.39 is 0 Å². The second-order valence-electron chi connectivity index (χ2n) is 4.23. The molecule has 0 aromatic heterocycles. The first kappa shape index (κ1) is 7.43. The van der Waals surface area contributed by atoms with Gasteiger partial charge in [0.25, 0.3) is 0 Å². The molecule has 0 radical (unpaired) electrons. The topological polar surface area (TPSA) is 9.23 Å². The maximum atomic E-state index is 5.73. The molecule has 1 aliphatic heterocycles. The molecule has 0 saturated heterocycles. The molecule has 68 valence electrons. The summed E-state index contributed by atoms with van der Waals surface area (Å²) in [6.45, 7) is 2.15. The number of rotatable bonds is 1. The van der Waals surface area contributed by atoms with E-state index in [4.69, 9.17) is 4.74 Å². The summed E-state index contributed by atoms with van der Waals surface area (Å²) >= 11 is 0. The van der Waals surface area contributed by atoms with Crippen molar-refractivity contribution in [3.05, 3.63) is 29.3 Å². The van der Waals surface area contributed by atoms with Crippen LogP contribution in [-0.4, -0.2) is 6.10 Å². The van der Waals surface area contributed by atoms with Gasteiger partial charge in [-0.3, -0.25) is 0 Å². The second-order valence-corrected chi connectivity index (χ2v) is 4.23. The Balaban J connectivity index is 2.07. The average molecular weight is 174 g/mol. The van der Waals surface area contributed by atoms with Gasteiger partial charge in [-0.15, -0.1) is 0 Å². The zero-order chi connectivity index (χ0) is 8.84. The van der Waals surface area contributed by atoms with Gasteiger partial charge in [-0.05, 0) is 37.3 Å². The SMILES string of the molecule is CC1Cc2c(cccc2C2CC2)O1. The second kappa shape index (κ2) is 2.50. The molecule has 1 heteroatoms. The highest BCUT2D eigenvalue weighted by Gasteiger charge is 2.30. The molecule has 3 rings (SSSR count). The van der Waals surface area contributed by atoms with Crippen molar-refractivity contribution in [3.63, 3.8) is 0 Å². The molecular weight excluding hydrogens is 160 g/mol. The van der Waals surface area contributed by atoms with Gasteiger partial charge in [0.05, 0.1) is 0 Å². The largest absolute Gasteiger partial charge is 0.490 e. The lowest BCUT2D eigenvalue weighted by molar-refractivity contribution is 0.254. The minimum absolute atomic E-state index is 0.384. The molecule has 1 aliphatic carbocycles. The maximum absolute atomic E-state index is 5.73. The van der Waals surface area contributed by atoms with Crippen molar-refractivity contribution in [3.8, 4) is 5.75 Å². The van der Waals surface area contributed by atoms with Crippen LogP contribution in [0.25, 0.3) is 0 Å². The van der Waals surface area contributed by atoms with Crippen molar-refractivity contribution in [2.24, 2.45) is 0 Å². The zero-order valence-corrected chi connectivity index (χ0v) is 7.92. The summed E-state index contributed by atoms with van der Waals surface area (Å²) in [6.07, 6.45) is 4.26. The molecule has 1 atom stereocenters. The van der Waals surface area contributed by atoms with E-state index in [0.717, 1.165) is 18.1 Å². The molecule has 0 N–H and O–H groups in total. The van der Waals surface area contributed by atoms with Crippen LogP contribution < -0.4 is 4.74 Å². The van der Waals surface area contributed by atoms with Crippen molar-refractivity contribution in [1.29, 1.82) is 0 Å². The van der Waals surface area contributed by atoms with Gasteiger partial charge in [-0.25, -0.2) is 0 Å². The fraction of sp³-hybridized carbons (Fsp3) is 0.500. The van der Waals surface area contributed by atoms with Gasteiger partial charge in [-0.1, -0.05) is 12.1 Å². The lowest BCUT2D eigenvalue weighted by Crippen LogP contribution is -2.05. The lowest BCUT2D eigenvalue weighted by Gasteiger charge is -2.04. The third-order valence-corrected chi connectivity index (χ3v) is 3.01. The highest BCUT2D eigenvalue weighted by atomic mass is 16.5. The zero-order valence-electron chi connectivity index (χ0n) is 7.92. The van der Waals surface area contributed by atoms with Crippen LogP contribution in [0, 0.1) is 0 Å². The molecule has 1 nitrogen and oxygen atoms in total. The fourth-order valence-electron chi connectivity index (χ4n) is 2.23. The van der Waals surface area contributed by atoms with Gasteiger partial charge in [-0.2, -0.15) is 0 Å². The molecule has 1 aromatic carbocycles. The van der Waals surface area contributed by atoms with E-state index in [9.17, 15) is 0 Å². The standard InChI is InChI=1S/C12H14O/c1-8-7-11-10(9-5-6-9)3-2-4-12(11)13-8/h2-4,8-9H,5-7H2,1H3. The summed E-state index contributed by atoms with van der Waals surface area (Å²) in [4.78, 5) is 0. The Hall–Kier alpha value is -0.980. The molecule has 1 fully saturated rings. The molecule has 1 saturated carbocycles. The summed E-state index contributed by atoms with van der Waals surface area (Å²) in [7, 11) is 0. The molecule has 0 bridgehead atoms. The van der Waals surface area contributed by atoms with E-state index in [0.29, 0.717) is 6.10 Å². The third-order valence-electron chi connectivity index (χ3n) is 3.01. The number of hydrogen-bond donors (Lipinski definition) is 0. The Kier molecular flexibility index (Phi) is 1.43. The summed E-state index contributed by atoms with van der Waals surface area (Å²) in [5, 5.41) is 0. The van der Waals surface area contributed by atoms with Crippen LogP contribution in [0.2, 0.25) is 0 Å². The van der Waals surface area contributed by atoms with Gasteiger partial charge in [0.1, 0.15) is 11.9 Å². The van der Waals surface area contributed by atoms with Gasteiger partial charge in [0.2, 0.25) is 0 Å². The monoisotopic (exact) mass is 174 g/mol. The maximum Gasteiger partial charge on any atom is 0.123 e. The third kappa shape index (κ3) is 1.14. The van der Waals surface area contributed by atoms with Crippen LogP contribution in [0.5, 0.6) is 5.75 Å². The summed E-state index contributed by atoms with van der Waals surface area (Å²) in [5.74, 6) is 1.99. The number of hydrogen-bond acceptors (Lipinski definition) is 1. The highest BCUT2D eigenvalue weighted by Crippen LogP contribution is 2.45. The Bertz CT molecular complexity index is 339. The van der Waals surface area contributed by atoms with Gasteiger partial charge in [0.15, 0.2) is 0 Å². The van der Waals surface area contributed by atoms with E-state index in [2.05, 4.69) is 25.1 Å². The van der Waals surface area contributed by atoms with E-state index in [1.54, 1.807) is 5.56 Å². The summed E-state index contributed by atoms with van der Waals surface area (Å²) < 4.78 is 5.73. The van der Waals surface area contributed by atoms with Crippen LogP contribution in [0.3, 0.4) is 0 Å². The molecule has 0 spiro atoms. The molecule has 1 heterocycles. The first-order valence-electron chi connectivity index (χ1n) is 5.13. The fourth-order valence-corrected chi connectivity index (χ4v) is 2.23. The van der Waals surface area contributed by atoms with Gasteiger partial charge < -0.3 is 4.74 Å². The smallest absolute Gasteiger partial charge is 0.123 e.